The van der Waals surface area contributed by atoms with E-state index in [2.05, 4.69) is 14.7 Å². The first-order valence-corrected chi connectivity index (χ1v) is 6.18. The Hall–Kier alpha value is -1.17. The number of nitrogens with one attached hydrogen (secondary N) is 1. The van der Waals surface area contributed by atoms with E-state index in [1.807, 2.05) is 13.8 Å². The van der Waals surface area contributed by atoms with E-state index in [-0.39, 0.29) is 11.8 Å². The minimum Gasteiger partial charge on any atom is -0.480 e. The number of aromatic nitrogens is 2. The summed E-state index contributed by atoms with van der Waals surface area (Å²) in [6.07, 6.45) is 1.97. The molecule has 16 heavy (non-hydrogen) atoms. The zero-order valence-electron chi connectivity index (χ0n) is 9.30. The Morgan fingerprint density at radius 1 is 1.56 bits per heavy atom. The van der Waals surface area contributed by atoms with E-state index in [0.29, 0.717) is 5.13 Å². The number of hydrogen-bond donors (Lipinski definition) is 2. The van der Waals surface area contributed by atoms with Crippen LogP contribution < -0.4 is 5.32 Å². The normalized spacial score (nSPS) is 17.4. The highest BCUT2D eigenvalue weighted by atomic mass is 32.1. The van der Waals surface area contributed by atoms with Crippen LogP contribution in [0.25, 0.3) is 0 Å². The molecule has 2 rings (SSSR count). The average molecular weight is 241 g/mol. The molecule has 0 saturated heterocycles. The molecule has 6 heteroatoms. The van der Waals surface area contributed by atoms with Crippen molar-refractivity contribution < 1.29 is 9.90 Å². The van der Waals surface area contributed by atoms with Gasteiger partial charge in [0.05, 0.1) is 0 Å². The van der Waals surface area contributed by atoms with Crippen LogP contribution in [0.4, 0.5) is 5.13 Å². The van der Waals surface area contributed by atoms with Crippen LogP contribution in [0.5, 0.6) is 0 Å². The number of nitrogens with zero attached hydrogens (tertiary/aromatic N) is 2. The Balaban J connectivity index is 2.03. The largest absolute Gasteiger partial charge is 0.480 e. The van der Waals surface area contributed by atoms with Crippen LogP contribution in [-0.4, -0.2) is 26.5 Å². The predicted octanol–water partition coefficient (Wildman–Crippen LogP) is 1.94. The number of carbonyl (C=O) groups is 1. The number of rotatable bonds is 5. The molecule has 1 aliphatic carbocycles. The maximum Gasteiger partial charge on any atom is 0.326 e. The SMILES string of the molecule is CC(C)c1nsc(NC(C(=O)O)C2CC2)n1. The molecule has 1 saturated carbocycles. The summed E-state index contributed by atoms with van der Waals surface area (Å²) in [5.41, 5.74) is 0. The smallest absolute Gasteiger partial charge is 0.326 e. The quantitative estimate of drug-likeness (QED) is 0.824. The standard InChI is InChI=1S/C10H15N3O2S/c1-5(2)8-12-10(16-13-8)11-7(9(14)15)6-3-4-6/h5-7H,3-4H2,1-2H3,(H,14,15)(H,11,12,13). The van der Waals surface area contributed by atoms with Gasteiger partial charge in [-0.05, 0) is 18.8 Å². The molecular formula is C10H15N3O2S. The molecule has 88 valence electrons. The lowest BCUT2D eigenvalue weighted by Gasteiger charge is -2.11. The first kappa shape index (κ1) is 11.3. The highest BCUT2D eigenvalue weighted by Crippen LogP contribution is 2.34. The van der Waals surface area contributed by atoms with Gasteiger partial charge < -0.3 is 10.4 Å². The minimum atomic E-state index is -0.802. The molecule has 1 aliphatic rings. The van der Waals surface area contributed by atoms with E-state index in [4.69, 9.17) is 5.11 Å². The molecule has 1 aromatic rings. The van der Waals surface area contributed by atoms with Crippen LogP contribution in [-0.2, 0) is 4.79 Å². The van der Waals surface area contributed by atoms with Crippen LogP contribution in [0.1, 0.15) is 38.4 Å². The van der Waals surface area contributed by atoms with Gasteiger partial charge in [0.15, 0.2) is 0 Å². The number of carboxylic acid groups (broad SMARTS) is 1. The van der Waals surface area contributed by atoms with Crippen LogP contribution >= 0.6 is 11.5 Å². The number of carboxylic acids is 1. The van der Waals surface area contributed by atoms with Crippen molar-refractivity contribution >= 4 is 22.6 Å². The third kappa shape index (κ3) is 2.49. The second-order valence-corrected chi connectivity index (χ2v) is 5.16. The summed E-state index contributed by atoms with van der Waals surface area (Å²) in [6, 6.07) is -0.507. The monoisotopic (exact) mass is 241 g/mol. The first-order valence-electron chi connectivity index (χ1n) is 5.41. The summed E-state index contributed by atoms with van der Waals surface area (Å²) in [6.45, 7) is 4.03. The van der Waals surface area contributed by atoms with Gasteiger partial charge in [0.2, 0.25) is 5.13 Å². The van der Waals surface area contributed by atoms with E-state index in [0.717, 1.165) is 18.7 Å². The number of hydrogen-bond acceptors (Lipinski definition) is 5. The number of anilines is 1. The summed E-state index contributed by atoms with van der Waals surface area (Å²) in [7, 11) is 0. The molecule has 1 heterocycles. The lowest BCUT2D eigenvalue weighted by molar-refractivity contribution is -0.138. The first-order chi connectivity index (χ1) is 7.58. The molecular weight excluding hydrogens is 226 g/mol. The molecule has 0 aliphatic heterocycles. The van der Waals surface area contributed by atoms with Gasteiger partial charge in [0.25, 0.3) is 0 Å². The van der Waals surface area contributed by atoms with Crippen LogP contribution in [0, 0.1) is 5.92 Å². The molecule has 0 spiro atoms. The van der Waals surface area contributed by atoms with E-state index < -0.39 is 12.0 Å². The fourth-order valence-corrected chi connectivity index (χ4v) is 2.22. The number of aliphatic carboxylic acids is 1. The van der Waals surface area contributed by atoms with Gasteiger partial charge in [0.1, 0.15) is 11.9 Å². The molecule has 0 amide bonds. The third-order valence-corrected chi connectivity index (χ3v) is 3.26. The summed E-state index contributed by atoms with van der Waals surface area (Å²) >= 11 is 1.23. The molecule has 5 nitrogen and oxygen atoms in total. The zero-order valence-corrected chi connectivity index (χ0v) is 10.1. The predicted molar refractivity (Wildman–Crippen MR) is 61.8 cm³/mol. The maximum absolute atomic E-state index is 11.0. The van der Waals surface area contributed by atoms with Gasteiger partial charge in [-0.15, -0.1) is 0 Å². The molecule has 0 radical (unpaired) electrons. The highest BCUT2D eigenvalue weighted by Gasteiger charge is 2.36. The molecule has 1 aromatic heterocycles. The highest BCUT2D eigenvalue weighted by molar-refractivity contribution is 7.09. The van der Waals surface area contributed by atoms with Gasteiger partial charge in [-0.3, -0.25) is 0 Å². The summed E-state index contributed by atoms with van der Waals surface area (Å²) < 4.78 is 4.18. The van der Waals surface area contributed by atoms with E-state index in [9.17, 15) is 4.79 Å². The van der Waals surface area contributed by atoms with E-state index >= 15 is 0 Å². The molecule has 0 aromatic carbocycles. The van der Waals surface area contributed by atoms with Crippen molar-refractivity contribution in [1.82, 2.24) is 9.36 Å². The zero-order chi connectivity index (χ0) is 11.7. The Bertz CT molecular complexity index is 387. The van der Waals surface area contributed by atoms with Crippen molar-refractivity contribution in [2.24, 2.45) is 5.92 Å². The topological polar surface area (TPSA) is 75.1 Å². The van der Waals surface area contributed by atoms with Crippen molar-refractivity contribution in [3.05, 3.63) is 5.82 Å². The molecule has 2 N–H and O–H groups in total. The lowest BCUT2D eigenvalue weighted by Crippen LogP contribution is -2.31. The van der Waals surface area contributed by atoms with Crippen molar-refractivity contribution in [3.63, 3.8) is 0 Å². The fraction of sp³-hybridized carbons (Fsp3) is 0.700. The third-order valence-electron chi connectivity index (χ3n) is 2.60. The van der Waals surface area contributed by atoms with Gasteiger partial charge >= 0.3 is 5.97 Å². The second-order valence-electron chi connectivity index (χ2n) is 4.41. The molecule has 1 unspecified atom stereocenters. The lowest BCUT2D eigenvalue weighted by atomic mass is 10.2. The molecule has 1 atom stereocenters. The Labute approximate surface area is 98.1 Å². The van der Waals surface area contributed by atoms with Gasteiger partial charge in [0, 0.05) is 17.5 Å². The summed E-state index contributed by atoms with van der Waals surface area (Å²) in [5, 5.41) is 12.6. The molecule has 1 fully saturated rings. The summed E-state index contributed by atoms with van der Waals surface area (Å²) in [5.74, 6) is 0.496. The van der Waals surface area contributed by atoms with Crippen LogP contribution in [0.15, 0.2) is 0 Å². The fourth-order valence-electron chi connectivity index (χ4n) is 1.47. The van der Waals surface area contributed by atoms with E-state index in [1.165, 1.54) is 11.5 Å². The van der Waals surface area contributed by atoms with Gasteiger partial charge in [-0.1, -0.05) is 13.8 Å². The second kappa shape index (κ2) is 4.37. The van der Waals surface area contributed by atoms with Crippen LogP contribution in [0.2, 0.25) is 0 Å². The van der Waals surface area contributed by atoms with E-state index in [1.54, 1.807) is 0 Å². The molecule has 0 bridgehead atoms. The maximum atomic E-state index is 11.0. The van der Waals surface area contributed by atoms with Crippen LogP contribution in [0.3, 0.4) is 0 Å². The average Bonchev–Trinajstić information content (AvgIpc) is 2.92. The van der Waals surface area contributed by atoms with Crippen molar-refractivity contribution in [2.75, 3.05) is 5.32 Å². The minimum absolute atomic E-state index is 0.254. The van der Waals surface area contributed by atoms with Crippen molar-refractivity contribution in [3.8, 4) is 0 Å². The van der Waals surface area contributed by atoms with Crippen molar-refractivity contribution in [1.29, 1.82) is 0 Å². The Morgan fingerprint density at radius 2 is 2.25 bits per heavy atom. The van der Waals surface area contributed by atoms with Crippen molar-refractivity contribution in [2.45, 2.75) is 38.6 Å². The Morgan fingerprint density at radius 3 is 2.69 bits per heavy atom. The van der Waals surface area contributed by atoms with Gasteiger partial charge in [-0.2, -0.15) is 4.37 Å². The Kier molecular flexibility index (Phi) is 3.09. The summed E-state index contributed by atoms with van der Waals surface area (Å²) in [4.78, 5) is 15.3. The van der Waals surface area contributed by atoms with Gasteiger partial charge in [-0.25, -0.2) is 9.78 Å².